The highest BCUT2D eigenvalue weighted by molar-refractivity contribution is 7.92. The van der Waals surface area contributed by atoms with Crippen LogP contribution in [0.3, 0.4) is 0 Å². The summed E-state index contributed by atoms with van der Waals surface area (Å²) < 4.78 is 39.7. The molecule has 0 aliphatic rings. The molecule has 0 fully saturated rings. The number of aromatic nitrogens is 3. The molecule has 2 aromatic heterocycles. The van der Waals surface area contributed by atoms with Gasteiger partial charge in [0.05, 0.1) is 23.9 Å². The molecule has 0 spiro atoms. The average molecular weight is 463 g/mol. The molecule has 0 aliphatic carbocycles. The van der Waals surface area contributed by atoms with Crippen molar-refractivity contribution < 1.29 is 17.9 Å². The van der Waals surface area contributed by atoms with E-state index in [-0.39, 0.29) is 23.2 Å². The Bertz CT molecular complexity index is 1340. The van der Waals surface area contributed by atoms with E-state index in [0.717, 1.165) is 11.1 Å². The van der Waals surface area contributed by atoms with E-state index in [1.165, 1.54) is 18.3 Å². The Balaban J connectivity index is 1.71. The summed E-state index contributed by atoms with van der Waals surface area (Å²) in [5.41, 5.74) is 2.93. The lowest BCUT2D eigenvalue weighted by molar-refractivity contribution is 0.294. The van der Waals surface area contributed by atoms with Crippen LogP contribution in [0, 0.1) is 6.92 Å². The molecule has 168 valence electrons. The molecule has 0 saturated heterocycles. The molecule has 0 unspecified atom stereocenters. The second-order valence-corrected chi connectivity index (χ2v) is 8.86. The van der Waals surface area contributed by atoms with Gasteiger partial charge in [0.1, 0.15) is 12.4 Å². The summed E-state index contributed by atoms with van der Waals surface area (Å²) in [7, 11) is -2.33. The minimum atomic E-state index is -3.90. The molecule has 2 heterocycles. The topological polar surface area (TPSA) is 103 Å². The zero-order chi connectivity index (χ0) is 23.3. The predicted molar refractivity (Wildman–Crippen MR) is 125 cm³/mol. The number of nitrogens with zero attached hydrogens (tertiary/aromatic N) is 3. The summed E-state index contributed by atoms with van der Waals surface area (Å²) in [6.45, 7) is 2.02. The van der Waals surface area contributed by atoms with Crippen molar-refractivity contribution in [3.63, 3.8) is 0 Å². The number of sulfonamides is 1. The molecule has 1 N–H and O–H groups in total. The largest absolute Gasteiger partial charge is 0.496 e. The standard InChI is InChI=1S/C24H22N4O4S/c1-17-9-11-19(12-10-17)33(29,30)28-23-24(32-16-18-6-5-13-25-14-18)27-21(15-26-23)20-7-3-4-8-22(20)31-2/h3-15H,16H2,1-2H3,(H,26,28). The minimum Gasteiger partial charge on any atom is -0.496 e. The lowest BCUT2D eigenvalue weighted by atomic mass is 10.1. The van der Waals surface area contributed by atoms with E-state index in [4.69, 9.17) is 9.47 Å². The van der Waals surface area contributed by atoms with Crippen LogP contribution < -0.4 is 14.2 Å². The van der Waals surface area contributed by atoms with E-state index in [0.29, 0.717) is 17.0 Å². The van der Waals surface area contributed by atoms with Crippen LogP contribution in [0.15, 0.2) is 84.1 Å². The molecule has 0 bridgehead atoms. The number of hydrogen-bond acceptors (Lipinski definition) is 7. The van der Waals surface area contributed by atoms with Gasteiger partial charge in [0, 0.05) is 23.5 Å². The summed E-state index contributed by atoms with van der Waals surface area (Å²) >= 11 is 0. The van der Waals surface area contributed by atoms with Crippen molar-refractivity contribution in [1.29, 1.82) is 0 Å². The van der Waals surface area contributed by atoms with Gasteiger partial charge in [-0.2, -0.15) is 0 Å². The number of hydrogen-bond donors (Lipinski definition) is 1. The van der Waals surface area contributed by atoms with Crippen molar-refractivity contribution in [2.24, 2.45) is 0 Å². The van der Waals surface area contributed by atoms with Gasteiger partial charge in [-0.25, -0.2) is 18.4 Å². The maximum Gasteiger partial charge on any atom is 0.263 e. The fourth-order valence-electron chi connectivity index (χ4n) is 3.07. The van der Waals surface area contributed by atoms with Crippen LogP contribution >= 0.6 is 0 Å². The molecule has 4 aromatic rings. The number of anilines is 1. The number of pyridine rings is 1. The number of ether oxygens (including phenoxy) is 2. The first-order valence-electron chi connectivity index (χ1n) is 10.1. The number of nitrogens with one attached hydrogen (secondary N) is 1. The van der Waals surface area contributed by atoms with Gasteiger partial charge in [0.15, 0.2) is 0 Å². The van der Waals surface area contributed by atoms with Gasteiger partial charge in [-0.1, -0.05) is 35.9 Å². The Morgan fingerprint density at radius 3 is 2.48 bits per heavy atom. The van der Waals surface area contributed by atoms with Crippen LogP contribution in [0.1, 0.15) is 11.1 Å². The Morgan fingerprint density at radius 1 is 0.970 bits per heavy atom. The maximum absolute atomic E-state index is 12.9. The number of rotatable bonds is 8. The monoisotopic (exact) mass is 462 g/mol. The highest BCUT2D eigenvalue weighted by atomic mass is 32.2. The molecule has 8 nitrogen and oxygen atoms in total. The number of methoxy groups -OCH3 is 1. The second kappa shape index (κ2) is 9.66. The molecular formula is C24H22N4O4S. The first-order valence-corrected chi connectivity index (χ1v) is 11.6. The van der Waals surface area contributed by atoms with E-state index in [1.807, 2.05) is 31.2 Å². The molecule has 33 heavy (non-hydrogen) atoms. The summed E-state index contributed by atoms with van der Waals surface area (Å²) in [5, 5.41) is 0. The number of aryl methyl sites for hydroxylation is 1. The molecule has 4 rings (SSSR count). The predicted octanol–water partition coefficient (Wildman–Crippen LogP) is 4.24. The van der Waals surface area contributed by atoms with Gasteiger partial charge in [-0.15, -0.1) is 0 Å². The first kappa shape index (κ1) is 22.2. The van der Waals surface area contributed by atoms with Crippen molar-refractivity contribution >= 4 is 15.8 Å². The fourth-order valence-corrected chi connectivity index (χ4v) is 4.07. The Labute approximate surface area is 192 Å². The van der Waals surface area contributed by atoms with Gasteiger partial charge in [-0.05, 0) is 37.3 Å². The summed E-state index contributed by atoms with van der Waals surface area (Å²) in [5.74, 6) is 0.633. The molecule has 0 atom stereocenters. The number of benzene rings is 2. The average Bonchev–Trinajstić information content (AvgIpc) is 2.84. The summed E-state index contributed by atoms with van der Waals surface area (Å²) in [4.78, 5) is 13.1. The molecule has 2 aromatic carbocycles. The van der Waals surface area contributed by atoms with Gasteiger partial charge < -0.3 is 9.47 Å². The third kappa shape index (κ3) is 5.27. The molecule has 0 radical (unpaired) electrons. The zero-order valence-corrected chi connectivity index (χ0v) is 18.9. The smallest absolute Gasteiger partial charge is 0.263 e. The van der Waals surface area contributed by atoms with E-state index in [1.54, 1.807) is 43.8 Å². The van der Waals surface area contributed by atoms with E-state index in [2.05, 4.69) is 19.7 Å². The van der Waals surface area contributed by atoms with Gasteiger partial charge in [0.2, 0.25) is 5.82 Å². The van der Waals surface area contributed by atoms with Crippen LogP contribution in [0.25, 0.3) is 11.3 Å². The van der Waals surface area contributed by atoms with Crippen LogP contribution in [0.5, 0.6) is 11.6 Å². The van der Waals surface area contributed by atoms with Gasteiger partial charge >= 0.3 is 0 Å². The highest BCUT2D eigenvalue weighted by Crippen LogP contribution is 2.32. The van der Waals surface area contributed by atoms with Gasteiger partial charge in [0.25, 0.3) is 15.9 Å². The van der Waals surface area contributed by atoms with E-state index >= 15 is 0 Å². The Kier molecular flexibility index (Phi) is 6.50. The highest BCUT2D eigenvalue weighted by Gasteiger charge is 2.20. The van der Waals surface area contributed by atoms with E-state index in [9.17, 15) is 8.42 Å². The summed E-state index contributed by atoms with van der Waals surface area (Å²) in [6, 6.07) is 17.5. The summed E-state index contributed by atoms with van der Waals surface area (Å²) in [6.07, 6.45) is 4.79. The van der Waals surface area contributed by atoms with Crippen LogP contribution in [-0.4, -0.2) is 30.5 Å². The lowest BCUT2D eigenvalue weighted by Crippen LogP contribution is -2.16. The molecule has 0 amide bonds. The SMILES string of the molecule is COc1ccccc1-c1cnc(NS(=O)(=O)c2ccc(C)cc2)c(OCc2cccnc2)n1. The van der Waals surface area contributed by atoms with Crippen LogP contribution in [0.2, 0.25) is 0 Å². The molecular weight excluding hydrogens is 440 g/mol. The van der Waals surface area contributed by atoms with Crippen molar-refractivity contribution in [3.8, 4) is 22.9 Å². The second-order valence-electron chi connectivity index (χ2n) is 7.18. The Morgan fingerprint density at radius 2 is 1.76 bits per heavy atom. The third-order valence-electron chi connectivity index (χ3n) is 4.78. The van der Waals surface area contributed by atoms with Crippen LogP contribution in [0.4, 0.5) is 5.82 Å². The molecule has 9 heteroatoms. The van der Waals surface area contributed by atoms with Crippen molar-refractivity contribution in [1.82, 2.24) is 15.0 Å². The lowest BCUT2D eigenvalue weighted by Gasteiger charge is -2.14. The minimum absolute atomic E-state index is 0.0156. The number of para-hydroxylation sites is 1. The zero-order valence-electron chi connectivity index (χ0n) is 18.1. The fraction of sp³-hybridized carbons (Fsp3) is 0.125. The van der Waals surface area contributed by atoms with Crippen molar-refractivity contribution in [2.75, 3.05) is 11.8 Å². The molecule has 0 saturated carbocycles. The quantitative estimate of drug-likeness (QED) is 0.418. The maximum atomic E-state index is 12.9. The van der Waals surface area contributed by atoms with Crippen LogP contribution in [-0.2, 0) is 16.6 Å². The first-order chi connectivity index (χ1) is 16.0. The normalized spacial score (nSPS) is 11.1. The Hall–Kier alpha value is -3.98. The third-order valence-corrected chi connectivity index (χ3v) is 6.14. The van der Waals surface area contributed by atoms with Gasteiger partial charge in [-0.3, -0.25) is 9.71 Å². The van der Waals surface area contributed by atoms with Crippen molar-refractivity contribution in [3.05, 3.63) is 90.4 Å². The van der Waals surface area contributed by atoms with Crippen molar-refractivity contribution in [2.45, 2.75) is 18.4 Å². The van der Waals surface area contributed by atoms with E-state index < -0.39 is 10.0 Å². The molecule has 0 aliphatic heterocycles.